The van der Waals surface area contributed by atoms with Gasteiger partial charge >= 0.3 is 0 Å². The van der Waals surface area contributed by atoms with Gasteiger partial charge in [0.2, 0.25) is 10.0 Å². The molecule has 25 heavy (non-hydrogen) atoms. The predicted octanol–water partition coefficient (Wildman–Crippen LogP) is 0.580. The Hall–Kier alpha value is -1.60. The smallest absolute Gasteiger partial charge is 0.251 e. The lowest BCUT2D eigenvalue weighted by atomic mass is 10.1. The van der Waals surface area contributed by atoms with E-state index in [2.05, 4.69) is 19.2 Å². The van der Waals surface area contributed by atoms with Gasteiger partial charge in [-0.25, -0.2) is 8.42 Å². The van der Waals surface area contributed by atoms with E-state index >= 15 is 0 Å². The molecule has 6 nitrogen and oxygen atoms in total. The highest BCUT2D eigenvalue weighted by molar-refractivity contribution is 7.92. The Kier molecular flexibility index (Phi) is 6.84. The van der Waals surface area contributed by atoms with E-state index in [1.54, 1.807) is 12.1 Å². The van der Waals surface area contributed by atoms with Crippen LogP contribution in [-0.4, -0.2) is 52.8 Å². The summed E-state index contributed by atoms with van der Waals surface area (Å²) in [6.07, 6.45) is 1.55. The Morgan fingerprint density at radius 1 is 1.24 bits per heavy atom. The molecule has 7 heteroatoms. The Morgan fingerprint density at radius 3 is 2.60 bits per heavy atom. The molecule has 0 radical (unpaired) electrons. The van der Waals surface area contributed by atoms with Gasteiger partial charge < -0.3 is 10.2 Å². The number of quaternary nitrogens is 1. The Balaban J connectivity index is 2.11. The first-order valence-electron chi connectivity index (χ1n) is 9.12. The van der Waals surface area contributed by atoms with Gasteiger partial charge in [0, 0.05) is 12.1 Å². The number of anilines is 1. The molecule has 0 aliphatic carbocycles. The number of likely N-dealkylation sites (N-methyl/N-ethyl adjacent to an activating group) is 1. The van der Waals surface area contributed by atoms with Crippen LogP contribution in [0.15, 0.2) is 18.2 Å². The van der Waals surface area contributed by atoms with Crippen molar-refractivity contribution >= 4 is 21.6 Å². The lowest BCUT2D eigenvalue weighted by Gasteiger charge is -2.29. The molecule has 1 aromatic rings. The zero-order valence-electron chi connectivity index (χ0n) is 15.5. The van der Waals surface area contributed by atoms with Crippen LogP contribution in [0.2, 0.25) is 0 Å². The molecule has 0 unspecified atom stereocenters. The quantitative estimate of drug-likeness (QED) is 0.740. The van der Waals surface area contributed by atoms with E-state index in [9.17, 15) is 13.2 Å². The minimum absolute atomic E-state index is 0.151. The van der Waals surface area contributed by atoms with Crippen LogP contribution in [0.4, 0.5) is 5.69 Å². The molecule has 0 atom stereocenters. The largest absolute Gasteiger partial charge is 0.346 e. The van der Waals surface area contributed by atoms with Crippen LogP contribution in [0.1, 0.15) is 42.6 Å². The molecule has 2 N–H and O–H groups in total. The maximum atomic E-state index is 12.4. The third-order valence-electron chi connectivity index (χ3n) is 4.85. The van der Waals surface area contributed by atoms with Gasteiger partial charge in [-0.15, -0.1) is 0 Å². The SMILES string of the molecule is CC[NH+](CC)CCNC(=O)c1ccc(C)c(N2CCCCS2(=O)=O)c1. The summed E-state index contributed by atoms with van der Waals surface area (Å²) in [4.78, 5) is 13.9. The van der Waals surface area contributed by atoms with Crippen LogP contribution in [0, 0.1) is 6.92 Å². The summed E-state index contributed by atoms with van der Waals surface area (Å²) in [7, 11) is -3.28. The van der Waals surface area contributed by atoms with E-state index in [0.29, 0.717) is 30.8 Å². The molecule has 1 fully saturated rings. The summed E-state index contributed by atoms with van der Waals surface area (Å²) in [5.41, 5.74) is 2.01. The molecule has 1 heterocycles. The first-order valence-corrected chi connectivity index (χ1v) is 10.7. The lowest BCUT2D eigenvalue weighted by Crippen LogP contribution is -3.12. The van der Waals surface area contributed by atoms with Crippen LogP contribution in [0.3, 0.4) is 0 Å². The molecule has 1 amide bonds. The summed E-state index contributed by atoms with van der Waals surface area (Å²) in [5, 5.41) is 2.94. The Bertz CT molecular complexity index is 700. The number of carbonyl (C=O) groups excluding carboxylic acids is 1. The van der Waals surface area contributed by atoms with Crippen molar-refractivity contribution in [3.05, 3.63) is 29.3 Å². The molecule has 1 aliphatic heterocycles. The zero-order chi connectivity index (χ0) is 18.4. The summed E-state index contributed by atoms with van der Waals surface area (Å²) in [5.74, 6) is 0.0254. The highest BCUT2D eigenvalue weighted by atomic mass is 32.2. The van der Waals surface area contributed by atoms with Crippen molar-refractivity contribution in [2.45, 2.75) is 33.6 Å². The summed E-state index contributed by atoms with van der Waals surface area (Å²) in [6, 6.07) is 5.29. The van der Waals surface area contributed by atoms with Crippen molar-refractivity contribution in [2.24, 2.45) is 0 Å². The minimum Gasteiger partial charge on any atom is -0.346 e. The first-order chi connectivity index (χ1) is 11.9. The third-order valence-corrected chi connectivity index (χ3v) is 6.71. The number of amides is 1. The molecule has 2 rings (SSSR count). The normalized spacial score (nSPS) is 16.9. The molecule has 1 aromatic carbocycles. The molecule has 0 saturated carbocycles. The van der Waals surface area contributed by atoms with Gasteiger partial charge in [0.05, 0.1) is 37.6 Å². The topological polar surface area (TPSA) is 70.9 Å². The Labute approximate surface area is 151 Å². The number of benzene rings is 1. The fourth-order valence-electron chi connectivity index (χ4n) is 3.14. The number of hydrogen-bond acceptors (Lipinski definition) is 3. The van der Waals surface area contributed by atoms with E-state index in [-0.39, 0.29) is 11.7 Å². The molecule has 1 aliphatic rings. The number of carbonyl (C=O) groups is 1. The molecular formula is C18H30N3O3S+. The minimum atomic E-state index is -3.28. The van der Waals surface area contributed by atoms with E-state index in [1.165, 1.54) is 9.21 Å². The number of rotatable bonds is 7. The van der Waals surface area contributed by atoms with Gasteiger partial charge in [0.15, 0.2) is 0 Å². The maximum Gasteiger partial charge on any atom is 0.251 e. The van der Waals surface area contributed by atoms with Crippen molar-refractivity contribution in [3.63, 3.8) is 0 Å². The fourth-order valence-corrected chi connectivity index (χ4v) is 4.83. The summed E-state index contributed by atoms with van der Waals surface area (Å²) < 4.78 is 26.2. The molecule has 0 spiro atoms. The molecule has 0 aromatic heterocycles. The van der Waals surface area contributed by atoms with E-state index in [1.807, 2.05) is 13.0 Å². The lowest BCUT2D eigenvalue weighted by molar-refractivity contribution is -0.895. The Morgan fingerprint density at radius 2 is 1.96 bits per heavy atom. The van der Waals surface area contributed by atoms with Crippen molar-refractivity contribution in [3.8, 4) is 0 Å². The van der Waals surface area contributed by atoms with E-state index < -0.39 is 10.0 Å². The van der Waals surface area contributed by atoms with Crippen molar-refractivity contribution in [2.75, 3.05) is 42.8 Å². The van der Waals surface area contributed by atoms with Crippen LogP contribution in [0.25, 0.3) is 0 Å². The van der Waals surface area contributed by atoms with Crippen molar-refractivity contribution < 1.29 is 18.1 Å². The number of hydrogen-bond donors (Lipinski definition) is 2. The van der Waals surface area contributed by atoms with E-state index in [4.69, 9.17) is 0 Å². The second kappa shape index (κ2) is 8.67. The molecule has 1 saturated heterocycles. The summed E-state index contributed by atoms with van der Waals surface area (Å²) in [6.45, 7) is 10.2. The van der Waals surface area contributed by atoms with Gasteiger partial charge in [0.25, 0.3) is 5.91 Å². The third kappa shape index (κ3) is 4.95. The zero-order valence-corrected chi connectivity index (χ0v) is 16.3. The van der Waals surface area contributed by atoms with Gasteiger partial charge in [-0.3, -0.25) is 9.10 Å². The average molecular weight is 369 g/mol. The number of sulfonamides is 1. The fraction of sp³-hybridized carbons (Fsp3) is 0.611. The number of nitrogens with zero attached hydrogens (tertiary/aromatic N) is 1. The predicted molar refractivity (Wildman–Crippen MR) is 101 cm³/mol. The highest BCUT2D eigenvalue weighted by Gasteiger charge is 2.27. The molecular weight excluding hydrogens is 338 g/mol. The standard InChI is InChI=1S/C18H29N3O3S/c1-4-20(5-2)12-10-19-18(22)16-9-8-15(3)17(14-16)21-11-6-7-13-25(21,23)24/h8-9,14H,4-7,10-13H2,1-3H3,(H,19,22)/p+1. The highest BCUT2D eigenvalue weighted by Crippen LogP contribution is 2.27. The van der Waals surface area contributed by atoms with Crippen LogP contribution in [0.5, 0.6) is 0 Å². The van der Waals surface area contributed by atoms with Gasteiger partial charge in [-0.2, -0.15) is 0 Å². The van der Waals surface area contributed by atoms with E-state index in [0.717, 1.165) is 31.6 Å². The summed E-state index contributed by atoms with van der Waals surface area (Å²) >= 11 is 0. The second-order valence-electron chi connectivity index (χ2n) is 6.56. The average Bonchev–Trinajstić information content (AvgIpc) is 2.59. The van der Waals surface area contributed by atoms with Crippen LogP contribution < -0.4 is 14.5 Å². The number of nitrogens with one attached hydrogen (secondary N) is 2. The molecule has 140 valence electrons. The second-order valence-corrected chi connectivity index (χ2v) is 8.57. The monoisotopic (exact) mass is 368 g/mol. The van der Waals surface area contributed by atoms with Crippen LogP contribution in [-0.2, 0) is 10.0 Å². The van der Waals surface area contributed by atoms with Gasteiger partial charge in [-0.05, 0) is 51.3 Å². The first kappa shape index (κ1) is 19.7. The van der Waals surface area contributed by atoms with Gasteiger partial charge in [0.1, 0.15) is 0 Å². The van der Waals surface area contributed by atoms with Crippen molar-refractivity contribution in [1.82, 2.24) is 5.32 Å². The maximum absolute atomic E-state index is 12.4. The molecule has 0 bridgehead atoms. The number of aryl methyl sites for hydroxylation is 1. The van der Waals surface area contributed by atoms with Gasteiger partial charge in [-0.1, -0.05) is 6.07 Å². The van der Waals surface area contributed by atoms with Crippen LogP contribution >= 0.6 is 0 Å². The van der Waals surface area contributed by atoms with Crippen molar-refractivity contribution in [1.29, 1.82) is 0 Å².